The standard InChI is InChI=1S/C13H14N4O4/c1-3-21-13(18)11-12(14)16(7-15-11)9-5-4-6-10(8(9)2)17(19)20/h4-7H,3,14H2,1-2H3. The Hall–Kier alpha value is -2.90. The highest BCUT2D eigenvalue weighted by atomic mass is 16.6. The number of hydrogen-bond acceptors (Lipinski definition) is 6. The summed E-state index contributed by atoms with van der Waals surface area (Å²) in [5, 5.41) is 11.0. The Kier molecular flexibility index (Phi) is 3.88. The van der Waals surface area contributed by atoms with Crippen molar-refractivity contribution in [2.24, 2.45) is 0 Å². The molecule has 2 aromatic rings. The van der Waals surface area contributed by atoms with Crippen molar-refractivity contribution in [3.05, 3.63) is 45.9 Å². The largest absolute Gasteiger partial charge is 0.461 e. The van der Waals surface area contributed by atoms with E-state index in [9.17, 15) is 14.9 Å². The molecule has 8 nitrogen and oxygen atoms in total. The van der Waals surface area contributed by atoms with Crippen molar-refractivity contribution in [2.75, 3.05) is 12.3 Å². The van der Waals surface area contributed by atoms with Gasteiger partial charge in [-0.05, 0) is 19.9 Å². The summed E-state index contributed by atoms with van der Waals surface area (Å²) >= 11 is 0. The molecule has 1 aromatic heterocycles. The van der Waals surface area contributed by atoms with Crippen LogP contribution in [0.25, 0.3) is 5.69 Å². The lowest BCUT2D eigenvalue weighted by molar-refractivity contribution is -0.385. The van der Waals surface area contributed by atoms with Gasteiger partial charge in [-0.1, -0.05) is 6.07 Å². The number of hydrogen-bond donors (Lipinski definition) is 1. The van der Waals surface area contributed by atoms with E-state index in [1.54, 1.807) is 26.0 Å². The quantitative estimate of drug-likeness (QED) is 0.522. The van der Waals surface area contributed by atoms with Gasteiger partial charge in [0.15, 0.2) is 5.69 Å². The Morgan fingerprint density at radius 1 is 1.52 bits per heavy atom. The normalized spacial score (nSPS) is 10.4. The molecule has 0 aliphatic heterocycles. The third-order valence-electron chi connectivity index (χ3n) is 3.01. The molecule has 0 saturated heterocycles. The number of esters is 1. The molecule has 0 amide bonds. The number of carbonyl (C=O) groups is 1. The highest BCUT2D eigenvalue weighted by Crippen LogP contribution is 2.27. The molecule has 2 rings (SSSR count). The molecule has 0 radical (unpaired) electrons. The van der Waals surface area contributed by atoms with Crippen molar-refractivity contribution in [1.82, 2.24) is 9.55 Å². The molecule has 1 aromatic carbocycles. The maximum atomic E-state index is 11.7. The van der Waals surface area contributed by atoms with Crippen LogP contribution in [-0.2, 0) is 4.74 Å². The average molecular weight is 290 g/mol. The van der Waals surface area contributed by atoms with Crippen LogP contribution in [0.5, 0.6) is 0 Å². The molecule has 0 aliphatic rings. The number of benzene rings is 1. The number of anilines is 1. The van der Waals surface area contributed by atoms with Crippen LogP contribution >= 0.6 is 0 Å². The Morgan fingerprint density at radius 2 is 2.24 bits per heavy atom. The maximum absolute atomic E-state index is 11.7. The molecule has 0 bridgehead atoms. The smallest absolute Gasteiger partial charge is 0.360 e. The predicted molar refractivity (Wildman–Crippen MR) is 75.3 cm³/mol. The van der Waals surface area contributed by atoms with Crippen molar-refractivity contribution in [2.45, 2.75) is 13.8 Å². The van der Waals surface area contributed by atoms with Gasteiger partial charge in [-0.15, -0.1) is 0 Å². The minimum absolute atomic E-state index is 0.0113. The van der Waals surface area contributed by atoms with E-state index in [2.05, 4.69) is 4.98 Å². The van der Waals surface area contributed by atoms with Gasteiger partial charge < -0.3 is 10.5 Å². The van der Waals surface area contributed by atoms with Crippen molar-refractivity contribution in [3.63, 3.8) is 0 Å². The van der Waals surface area contributed by atoms with Gasteiger partial charge in [-0.25, -0.2) is 9.78 Å². The number of nitrogens with two attached hydrogens (primary N) is 1. The zero-order valence-electron chi connectivity index (χ0n) is 11.6. The average Bonchev–Trinajstić information content (AvgIpc) is 2.81. The predicted octanol–water partition coefficient (Wildman–Crippen LogP) is 1.85. The second kappa shape index (κ2) is 5.61. The first kappa shape index (κ1) is 14.5. The van der Waals surface area contributed by atoms with Gasteiger partial charge in [-0.2, -0.15) is 0 Å². The Morgan fingerprint density at radius 3 is 2.86 bits per heavy atom. The number of aromatic nitrogens is 2. The van der Waals surface area contributed by atoms with Crippen LogP contribution < -0.4 is 5.73 Å². The second-order valence-corrected chi connectivity index (χ2v) is 4.25. The van der Waals surface area contributed by atoms with Gasteiger partial charge in [0.1, 0.15) is 12.1 Å². The van der Waals surface area contributed by atoms with Gasteiger partial charge >= 0.3 is 5.97 Å². The summed E-state index contributed by atoms with van der Waals surface area (Å²) < 4.78 is 6.27. The minimum Gasteiger partial charge on any atom is -0.461 e. The first-order valence-electron chi connectivity index (χ1n) is 6.21. The lowest BCUT2D eigenvalue weighted by Crippen LogP contribution is -2.10. The van der Waals surface area contributed by atoms with Crippen LogP contribution in [0.1, 0.15) is 23.0 Å². The summed E-state index contributed by atoms with van der Waals surface area (Å²) in [6.07, 6.45) is 1.34. The maximum Gasteiger partial charge on any atom is 0.360 e. The lowest BCUT2D eigenvalue weighted by Gasteiger charge is -2.09. The topological polar surface area (TPSA) is 113 Å². The van der Waals surface area contributed by atoms with Gasteiger partial charge in [-0.3, -0.25) is 14.7 Å². The lowest BCUT2D eigenvalue weighted by atomic mass is 10.1. The van der Waals surface area contributed by atoms with Crippen LogP contribution in [0.15, 0.2) is 24.5 Å². The number of carbonyl (C=O) groups excluding carboxylic acids is 1. The van der Waals surface area contributed by atoms with Crippen LogP contribution in [0.3, 0.4) is 0 Å². The summed E-state index contributed by atoms with van der Waals surface area (Å²) in [4.78, 5) is 26.1. The van der Waals surface area contributed by atoms with Crippen molar-refractivity contribution in [1.29, 1.82) is 0 Å². The molecule has 0 atom stereocenters. The third kappa shape index (κ3) is 2.55. The molecule has 1 heterocycles. The van der Waals surface area contributed by atoms with E-state index in [-0.39, 0.29) is 23.8 Å². The van der Waals surface area contributed by atoms with E-state index < -0.39 is 10.9 Å². The summed E-state index contributed by atoms with van der Waals surface area (Å²) in [5.74, 6) is -0.547. The number of rotatable bonds is 4. The van der Waals surface area contributed by atoms with E-state index in [0.717, 1.165) is 0 Å². The van der Waals surface area contributed by atoms with E-state index >= 15 is 0 Å². The van der Waals surface area contributed by atoms with Gasteiger partial charge in [0.2, 0.25) is 0 Å². The van der Waals surface area contributed by atoms with E-state index in [1.165, 1.54) is 17.0 Å². The summed E-state index contributed by atoms with van der Waals surface area (Å²) in [6, 6.07) is 4.61. The zero-order valence-corrected chi connectivity index (χ0v) is 11.6. The van der Waals surface area contributed by atoms with E-state index in [4.69, 9.17) is 10.5 Å². The molecule has 0 unspecified atom stereocenters. The molecule has 0 fully saturated rings. The number of nitro groups is 1. The Balaban J connectivity index is 2.52. The molecule has 8 heteroatoms. The monoisotopic (exact) mass is 290 g/mol. The first-order valence-corrected chi connectivity index (χ1v) is 6.21. The number of nitro benzene ring substituents is 1. The fourth-order valence-corrected chi connectivity index (χ4v) is 1.98. The first-order chi connectivity index (χ1) is 9.97. The zero-order chi connectivity index (χ0) is 15.6. The molecule has 21 heavy (non-hydrogen) atoms. The fraction of sp³-hybridized carbons (Fsp3) is 0.231. The SMILES string of the molecule is CCOC(=O)c1ncn(-c2cccc([N+](=O)[O-])c2C)c1N. The summed E-state index contributed by atoms with van der Waals surface area (Å²) in [5.41, 5.74) is 6.77. The second-order valence-electron chi connectivity index (χ2n) is 4.25. The minimum atomic E-state index is -0.628. The fourth-order valence-electron chi connectivity index (χ4n) is 1.98. The summed E-state index contributed by atoms with van der Waals surface area (Å²) in [7, 11) is 0. The third-order valence-corrected chi connectivity index (χ3v) is 3.01. The molecule has 0 saturated carbocycles. The van der Waals surface area contributed by atoms with Crippen molar-refractivity contribution >= 4 is 17.5 Å². The van der Waals surface area contributed by atoms with Crippen LogP contribution in [0, 0.1) is 17.0 Å². The van der Waals surface area contributed by atoms with E-state index in [1.807, 2.05) is 0 Å². The number of imidazole rings is 1. The highest BCUT2D eigenvalue weighted by molar-refractivity contribution is 5.92. The van der Waals surface area contributed by atoms with E-state index in [0.29, 0.717) is 11.3 Å². The summed E-state index contributed by atoms with van der Waals surface area (Å²) in [6.45, 7) is 3.49. The highest BCUT2D eigenvalue weighted by Gasteiger charge is 2.20. The molecule has 110 valence electrons. The Labute approximate surface area is 120 Å². The van der Waals surface area contributed by atoms with Gasteiger partial charge in [0.25, 0.3) is 5.69 Å². The van der Waals surface area contributed by atoms with Crippen molar-refractivity contribution < 1.29 is 14.5 Å². The molecule has 0 aliphatic carbocycles. The van der Waals surface area contributed by atoms with Crippen molar-refractivity contribution in [3.8, 4) is 5.69 Å². The Bertz CT molecular complexity index is 708. The molecule has 0 spiro atoms. The van der Waals surface area contributed by atoms with Crippen LogP contribution in [0.4, 0.5) is 11.5 Å². The molecular weight excluding hydrogens is 276 g/mol. The number of nitrogens with zero attached hydrogens (tertiary/aromatic N) is 3. The van der Waals surface area contributed by atoms with Gasteiger partial charge in [0, 0.05) is 6.07 Å². The molecular formula is C13H14N4O4. The number of nitrogen functional groups attached to an aromatic ring is 1. The molecule has 2 N–H and O–H groups in total. The van der Waals surface area contributed by atoms with Crippen LogP contribution in [0.2, 0.25) is 0 Å². The van der Waals surface area contributed by atoms with Gasteiger partial charge in [0.05, 0.1) is 22.8 Å². The van der Waals surface area contributed by atoms with Crippen LogP contribution in [-0.4, -0.2) is 27.1 Å². The number of ether oxygens (including phenoxy) is 1.